The summed E-state index contributed by atoms with van der Waals surface area (Å²) in [6.45, 7) is 3.44. The van der Waals surface area contributed by atoms with Crippen molar-refractivity contribution in [3.05, 3.63) is 48.2 Å². The summed E-state index contributed by atoms with van der Waals surface area (Å²) in [5.74, 6) is 1.49. The third-order valence-corrected chi connectivity index (χ3v) is 4.22. The molecule has 1 fully saturated rings. The normalized spacial score (nSPS) is 19.4. The number of ether oxygens (including phenoxy) is 2. The van der Waals surface area contributed by atoms with Gasteiger partial charge in [0, 0.05) is 32.4 Å². The van der Waals surface area contributed by atoms with Crippen molar-refractivity contribution in [1.29, 1.82) is 0 Å². The van der Waals surface area contributed by atoms with E-state index in [1.165, 1.54) is 0 Å². The average molecular weight is 344 g/mol. The molecule has 1 aliphatic heterocycles. The first kappa shape index (κ1) is 17.6. The molecule has 7 nitrogen and oxygen atoms in total. The number of anilines is 1. The molecule has 0 radical (unpaired) electrons. The van der Waals surface area contributed by atoms with Gasteiger partial charge in [-0.05, 0) is 29.8 Å². The first-order valence-corrected chi connectivity index (χ1v) is 8.42. The molecule has 0 bridgehead atoms. The first-order valence-electron chi connectivity index (χ1n) is 8.42. The third-order valence-electron chi connectivity index (χ3n) is 4.22. The lowest BCUT2D eigenvalue weighted by atomic mass is 10.1. The number of rotatable bonds is 7. The summed E-state index contributed by atoms with van der Waals surface area (Å²) in [6.07, 6.45) is 1.14. The molecule has 2 aromatic rings. The molecule has 1 aromatic carbocycles. The van der Waals surface area contributed by atoms with Crippen molar-refractivity contribution in [2.45, 2.75) is 12.2 Å². The van der Waals surface area contributed by atoms with E-state index in [2.05, 4.69) is 20.4 Å². The van der Waals surface area contributed by atoms with Gasteiger partial charge in [0.15, 0.2) is 0 Å². The Balaban J connectivity index is 1.50. The largest absolute Gasteiger partial charge is 0.497 e. The van der Waals surface area contributed by atoms with Gasteiger partial charge in [0.05, 0.1) is 25.9 Å². The Morgan fingerprint density at radius 1 is 1.40 bits per heavy atom. The average Bonchev–Trinajstić information content (AvgIpc) is 2.67. The molecule has 0 saturated carbocycles. The van der Waals surface area contributed by atoms with Crippen molar-refractivity contribution >= 4 is 5.82 Å². The highest BCUT2D eigenvalue weighted by molar-refractivity contribution is 5.31. The van der Waals surface area contributed by atoms with E-state index in [0.29, 0.717) is 19.7 Å². The molecule has 2 N–H and O–H groups in total. The van der Waals surface area contributed by atoms with Crippen LogP contribution in [-0.2, 0) is 4.74 Å². The van der Waals surface area contributed by atoms with E-state index in [1.807, 2.05) is 36.4 Å². The Morgan fingerprint density at radius 2 is 2.32 bits per heavy atom. The van der Waals surface area contributed by atoms with E-state index >= 15 is 0 Å². The Bertz CT molecular complexity index is 656. The van der Waals surface area contributed by atoms with Crippen LogP contribution in [-0.4, -0.2) is 66.2 Å². The third kappa shape index (κ3) is 5.12. The SMILES string of the molecule is COc1cccc(C(O)CN2CCOC(CNc3cccnn3)C2)c1. The van der Waals surface area contributed by atoms with Crippen molar-refractivity contribution in [1.82, 2.24) is 15.1 Å². The fourth-order valence-electron chi connectivity index (χ4n) is 2.88. The monoisotopic (exact) mass is 344 g/mol. The highest BCUT2D eigenvalue weighted by Gasteiger charge is 2.23. The number of nitrogens with one attached hydrogen (secondary N) is 1. The second-order valence-corrected chi connectivity index (χ2v) is 6.03. The lowest BCUT2D eigenvalue weighted by Gasteiger charge is -2.34. The summed E-state index contributed by atoms with van der Waals surface area (Å²) in [6, 6.07) is 11.3. The van der Waals surface area contributed by atoms with Crippen LogP contribution in [0.3, 0.4) is 0 Å². The zero-order valence-electron chi connectivity index (χ0n) is 14.3. The van der Waals surface area contributed by atoms with Crippen molar-refractivity contribution in [2.24, 2.45) is 0 Å². The Morgan fingerprint density at radius 3 is 3.12 bits per heavy atom. The molecule has 0 spiro atoms. The Labute approximate surface area is 147 Å². The van der Waals surface area contributed by atoms with Gasteiger partial charge in [-0.15, -0.1) is 5.10 Å². The number of hydrogen-bond acceptors (Lipinski definition) is 7. The minimum atomic E-state index is -0.554. The molecule has 3 rings (SSSR count). The van der Waals surface area contributed by atoms with Crippen LogP contribution in [0.15, 0.2) is 42.6 Å². The number of aliphatic hydroxyl groups is 1. The first-order chi connectivity index (χ1) is 12.2. The number of methoxy groups -OCH3 is 1. The van der Waals surface area contributed by atoms with E-state index in [9.17, 15) is 5.11 Å². The van der Waals surface area contributed by atoms with Gasteiger partial charge in [0.2, 0.25) is 0 Å². The highest BCUT2D eigenvalue weighted by Crippen LogP contribution is 2.20. The van der Waals surface area contributed by atoms with E-state index in [1.54, 1.807) is 13.3 Å². The van der Waals surface area contributed by atoms with Gasteiger partial charge < -0.3 is 19.9 Å². The summed E-state index contributed by atoms with van der Waals surface area (Å²) in [5, 5.41) is 21.6. The number of β-amino-alcohol motifs (C(OH)–C–C–N with tert-alkyl or cyclic N) is 1. The van der Waals surface area contributed by atoms with Gasteiger partial charge in [0.25, 0.3) is 0 Å². The van der Waals surface area contributed by atoms with Crippen LogP contribution < -0.4 is 10.1 Å². The number of aliphatic hydroxyl groups excluding tert-OH is 1. The molecule has 1 saturated heterocycles. The van der Waals surface area contributed by atoms with Crippen molar-refractivity contribution in [3.63, 3.8) is 0 Å². The molecule has 7 heteroatoms. The number of morpholine rings is 1. The smallest absolute Gasteiger partial charge is 0.148 e. The molecule has 1 aliphatic rings. The van der Waals surface area contributed by atoms with Crippen molar-refractivity contribution in [3.8, 4) is 5.75 Å². The van der Waals surface area contributed by atoms with Crippen LogP contribution in [0, 0.1) is 0 Å². The van der Waals surface area contributed by atoms with Crippen molar-refractivity contribution in [2.75, 3.05) is 45.2 Å². The summed E-state index contributed by atoms with van der Waals surface area (Å²) < 4.78 is 11.0. The van der Waals surface area contributed by atoms with Gasteiger partial charge in [-0.2, -0.15) is 5.10 Å². The molecule has 134 valence electrons. The van der Waals surface area contributed by atoms with Crippen molar-refractivity contribution < 1.29 is 14.6 Å². The molecule has 1 aromatic heterocycles. The number of nitrogens with zero attached hydrogens (tertiary/aromatic N) is 3. The molecule has 25 heavy (non-hydrogen) atoms. The summed E-state index contributed by atoms with van der Waals surface area (Å²) in [7, 11) is 1.63. The minimum absolute atomic E-state index is 0.0493. The molecular weight excluding hydrogens is 320 g/mol. The fourth-order valence-corrected chi connectivity index (χ4v) is 2.88. The molecule has 0 aliphatic carbocycles. The van der Waals surface area contributed by atoms with Gasteiger partial charge >= 0.3 is 0 Å². The Kier molecular flexibility index (Phi) is 6.16. The molecule has 2 heterocycles. The Hall–Kier alpha value is -2.22. The van der Waals surface area contributed by atoms with Crippen LogP contribution in [0.25, 0.3) is 0 Å². The molecule has 2 unspecified atom stereocenters. The molecule has 2 atom stereocenters. The van der Waals surface area contributed by atoms with Gasteiger partial charge in [0.1, 0.15) is 11.6 Å². The zero-order chi connectivity index (χ0) is 17.5. The topological polar surface area (TPSA) is 79.7 Å². The fraction of sp³-hybridized carbons (Fsp3) is 0.444. The number of benzene rings is 1. The van der Waals surface area contributed by atoms with Crippen LogP contribution in [0.1, 0.15) is 11.7 Å². The van der Waals surface area contributed by atoms with Gasteiger partial charge in [-0.25, -0.2) is 0 Å². The van der Waals surface area contributed by atoms with Crippen LogP contribution in [0.2, 0.25) is 0 Å². The molecular formula is C18H24N4O3. The van der Waals surface area contributed by atoms with E-state index in [4.69, 9.17) is 9.47 Å². The van der Waals surface area contributed by atoms with Crippen LogP contribution in [0.4, 0.5) is 5.82 Å². The lowest BCUT2D eigenvalue weighted by Crippen LogP contribution is -2.46. The maximum absolute atomic E-state index is 10.5. The zero-order valence-corrected chi connectivity index (χ0v) is 14.3. The maximum Gasteiger partial charge on any atom is 0.148 e. The summed E-state index contributed by atoms with van der Waals surface area (Å²) >= 11 is 0. The molecule has 0 amide bonds. The standard InChI is InChI=1S/C18H24N4O3/c1-24-15-5-2-4-14(10-15)17(23)13-22-8-9-25-16(12-22)11-19-18-6-3-7-20-21-18/h2-7,10,16-17,23H,8-9,11-13H2,1H3,(H,19,21). The number of aromatic nitrogens is 2. The second-order valence-electron chi connectivity index (χ2n) is 6.03. The van der Waals surface area contributed by atoms with Gasteiger partial charge in [-0.3, -0.25) is 4.90 Å². The summed E-state index contributed by atoms with van der Waals surface area (Å²) in [5.41, 5.74) is 0.861. The van der Waals surface area contributed by atoms with Gasteiger partial charge in [-0.1, -0.05) is 12.1 Å². The van der Waals surface area contributed by atoms with Crippen LogP contribution >= 0.6 is 0 Å². The lowest BCUT2D eigenvalue weighted by molar-refractivity contribution is -0.0344. The highest BCUT2D eigenvalue weighted by atomic mass is 16.5. The predicted octanol–water partition coefficient (Wildman–Crippen LogP) is 1.33. The quantitative estimate of drug-likeness (QED) is 0.784. The maximum atomic E-state index is 10.5. The van der Waals surface area contributed by atoms with Crippen LogP contribution in [0.5, 0.6) is 5.75 Å². The number of hydrogen-bond donors (Lipinski definition) is 2. The predicted molar refractivity (Wildman–Crippen MR) is 94.7 cm³/mol. The van der Waals surface area contributed by atoms with E-state index < -0.39 is 6.10 Å². The van der Waals surface area contributed by atoms with E-state index in [0.717, 1.165) is 30.2 Å². The summed E-state index contributed by atoms with van der Waals surface area (Å²) in [4.78, 5) is 2.22. The second kappa shape index (κ2) is 8.75. The van der Waals surface area contributed by atoms with E-state index in [-0.39, 0.29) is 6.10 Å². The minimum Gasteiger partial charge on any atom is -0.497 e.